The van der Waals surface area contributed by atoms with Crippen LogP contribution in [0.4, 0.5) is 4.79 Å². The molecule has 0 saturated carbocycles. The molecule has 1 aromatic rings. The molecule has 0 aromatic heterocycles. The van der Waals surface area contributed by atoms with E-state index < -0.39 is 6.09 Å². The second-order valence-corrected chi connectivity index (χ2v) is 4.20. The first-order valence-corrected chi connectivity index (χ1v) is 5.50. The number of amides is 1. The summed E-state index contributed by atoms with van der Waals surface area (Å²) in [4.78, 5) is 10.6. The number of hydrogen-bond donors (Lipinski definition) is 3. The molecular formula is C11H11ClN2O3. The number of halogens is 1. The molecule has 1 aromatic carbocycles. The normalized spacial score (nSPS) is 18.9. The van der Waals surface area contributed by atoms with Gasteiger partial charge in [0.1, 0.15) is 0 Å². The van der Waals surface area contributed by atoms with Crippen LogP contribution in [0, 0.1) is 0 Å². The van der Waals surface area contributed by atoms with Gasteiger partial charge >= 0.3 is 6.09 Å². The lowest BCUT2D eigenvalue weighted by atomic mass is 10.1. The number of nitrogens with one attached hydrogen (secondary N) is 1. The van der Waals surface area contributed by atoms with Crippen molar-refractivity contribution >= 4 is 22.9 Å². The van der Waals surface area contributed by atoms with Crippen LogP contribution in [-0.2, 0) is 6.42 Å². The van der Waals surface area contributed by atoms with Gasteiger partial charge in [0.05, 0.1) is 6.04 Å². The third kappa shape index (κ3) is 2.34. The molecule has 1 amide bonds. The Bertz CT molecular complexity index is 488. The Kier molecular flexibility index (Phi) is 3.19. The van der Waals surface area contributed by atoms with E-state index in [1.54, 1.807) is 6.07 Å². The fourth-order valence-corrected chi connectivity index (χ4v) is 2.22. The van der Waals surface area contributed by atoms with Gasteiger partial charge in [0.25, 0.3) is 0 Å². The summed E-state index contributed by atoms with van der Waals surface area (Å²) in [6.07, 6.45) is 0.491. The molecule has 5 nitrogen and oxygen atoms in total. The molecule has 0 aliphatic heterocycles. The number of benzene rings is 1. The zero-order valence-electron chi connectivity index (χ0n) is 8.85. The van der Waals surface area contributed by atoms with Crippen LogP contribution in [0.3, 0.4) is 0 Å². The molecule has 0 radical (unpaired) electrons. The number of nitrogens with zero attached hydrogens (tertiary/aromatic N) is 1. The fraction of sp³-hybridized carbons (Fsp3) is 0.273. The lowest BCUT2D eigenvalue weighted by Gasteiger charge is -2.11. The summed E-state index contributed by atoms with van der Waals surface area (Å²) in [7, 11) is 0. The first-order valence-electron chi connectivity index (χ1n) is 5.12. The molecule has 2 rings (SSSR count). The van der Waals surface area contributed by atoms with Crippen molar-refractivity contribution in [1.82, 2.24) is 5.32 Å². The van der Waals surface area contributed by atoms with Crippen LogP contribution in [0.5, 0.6) is 0 Å². The maximum Gasteiger partial charge on any atom is 0.405 e. The lowest BCUT2D eigenvalue weighted by Crippen LogP contribution is -2.24. The molecule has 17 heavy (non-hydrogen) atoms. The van der Waals surface area contributed by atoms with E-state index in [1.165, 1.54) is 0 Å². The number of rotatable bonds is 2. The van der Waals surface area contributed by atoms with Crippen molar-refractivity contribution in [1.29, 1.82) is 0 Å². The zero-order chi connectivity index (χ0) is 12.4. The van der Waals surface area contributed by atoms with Gasteiger partial charge in [-0.05, 0) is 30.0 Å². The molecule has 0 heterocycles. The monoisotopic (exact) mass is 254 g/mol. The second kappa shape index (κ2) is 4.63. The van der Waals surface area contributed by atoms with E-state index in [9.17, 15) is 4.79 Å². The van der Waals surface area contributed by atoms with Crippen molar-refractivity contribution in [2.75, 3.05) is 0 Å². The highest BCUT2D eigenvalue weighted by Gasteiger charge is 2.24. The molecule has 0 fully saturated rings. The van der Waals surface area contributed by atoms with Gasteiger partial charge in [-0.15, -0.1) is 0 Å². The number of carbonyl (C=O) groups is 1. The van der Waals surface area contributed by atoms with Gasteiger partial charge < -0.3 is 15.6 Å². The minimum Gasteiger partial charge on any atom is -0.465 e. The topological polar surface area (TPSA) is 81.9 Å². The van der Waals surface area contributed by atoms with Crippen LogP contribution in [0.25, 0.3) is 0 Å². The van der Waals surface area contributed by atoms with Crippen molar-refractivity contribution < 1.29 is 15.1 Å². The van der Waals surface area contributed by atoms with Crippen LogP contribution in [0.2, 0.25) is 0 Å². The maximum absolute atomic E-state index is 10.6. The summed E-state index contributed by atoms with van der Waals surface area (Å²) < 4.78 is 0. The summed E-state index contributed by atoms with van der Waals surface area (Å²) in [5.74, 6) is 0. The van der Waals surface area contributed by atoms with Crippen LogP contribution in [0.1, 0.15) is 29.2 Å². The smallest absolute Gasteiger partial charge is 0.405 e. The fourth-order valence-electron chi connectivity index (χ4n) is 2.10. The van der Waals surface area contributed by atoms with Crippen LogP contribution in [0.15, 0.2) is 23.4 Å². The Hall–Kier alpha value is -1.75. The molecule has 0 saturated heterocycles. The van der Waals surface area contributed by atoms with Crippen molar-refractivity contribution in [3.8, 4) is 0 Å². The number of hydrogen-bond acceptors (Lipinski definition) is 3. The summed E-state index contributed by atoms with van der Waals surface area (Å²) in [5, 5.41) is 22.7. The number of carboxylic acid groups (broad SMARTS) is 1. The van der Waals surface area contributed by atoms with E-state index in [-0.39, 0.29) is 11.2 Å². The standard InChI is InChI=1S/C11H11ClN2O3/c12-10(14-17)7-1-3-8-6(5-7)2-4-9(8)13-11(15)16/h1,3,5,9,13,17H,2,4H2,(H,15,16)/b14-10-/t9-/m1/s1. The SMILES string of the molecule is O=C(O)N[C@@H]1CCc2cc(/C(Cl)=N/O)ccc21. The van der Waals surface area contributed by atoms with E-state index in [0.29, 0.717) is 5.56 Å². The largest absolute Gasteiger partial charge is 0.465 e. The molecule has 3 N–H and O–H groups in total. The highest BCUT2D eigenvalue weighted by atomic mass is 35.5. The third-order valence-corrected chi connectivity index (χ3v) is 3.14. The summed E-state index contributed by atoms with van der Waals surface area (Å²) in [6.45, 7) is 0. The molecule has 90 valence electrons. The first-order chi connectivity index (χ1) is 8.11. The van der Waals surface area contributed by atoms with E-state index in [0.717, 1.165) is 24.0 Å². The lowest BCUT2D eigenvalue weighted by molar-refractivity contribution is 0.190. The average molecular weight is 255 g/mol. The Morgan fingerprint density at radius 2 is 2.29 bits per heavy atom. The van der Waals surface area contributed by atoms with Crippen LogP contribution >= 0.6 is 11.6 Å². The molecule has 0 bridgehead atoms. The van der Waals surface area contributed by atoms with Gasteiger partial charge in [-0.1, -0.05) is 28.9 Å². The number of oxime groups is 1. The van der Waals surface area contributed by atoms with Crippen LogP contribution < -0.4 is 5.32 Å². The predicted octanol–water partition coefficient (Wildman–Crippen LogP) is 2.32. The summed E-state index contributed by atoms with van der Waals surface area (Å²) in [5.41, 5.74) is 2.62. The number of aryl methyl sites for hydroxylation is 1. The molecule has 6 heteroatoms. The van der Waals surface area contributed by atoms with Crippen LogP contribution in [-0.4, -0.2) is 21.6 Å². The summed E-state index contributed by atoms with van der Waals surface area (Å²) >= 11 is 5.70. The van der Waals surface area contributed by atoms with E-state index in [4.69, 9.17) is 21.9 Å². The predicted molar refractivity (Wildman–Crippen MR) is 62.8 cm³/mol. The zero-order valence-corrected chi connectivity index (χ0v) is 9.61. The Balaban J connectivity index is 2.28. The molecule has 0 spiro atoms. The average Bonchev–Trinajstić information content (AvgIpc) is 2.70. The second-order valence-electron chi connectivity index (χ2n) is 3.85. The van der Waals surface area contributed by atoms with E-state index >= 15 is 0 Å². The van der Waals surface area contributed by atoms with Crippen molar-refractivity contribution in [3.05, 3.63) is 34.9 Å². The highest BCUT2D eigenvalue weighted by molar-refractivity contribution is 6.69. The molecule has 1 atom stereocenters. The van der Waals surface area contributed by atoms with E-state index in [2.05, 4.69) is 10.5 Å². The number of fused-ring (bicyclic) bond motifs is 1. The minimum absolute atomic E-state index is 0.0300. The maximum atomic E-state index is 10.6. The van der Waals surface area contributed by atoms with Crippen molar-refractivity contribution in [2.45, 2.75) is 18.9 Å². The highest BCUT2D eigenvalue weighted by Crippen LogP contribution is 2.32. The third-order valence-electron chi connectivity index (χ3n) is 2.84. The Morgan fingerprint density at radius 3 is 2.94 bits per heavy atom. The molecule has 0 unspecified atom stereocenters. The van der Waals surface area contributed by atoms with Gasteiger partial charge in [-0.2, -0.15) is 0 Å². The molecule has 1 aliphatic carbocycles. The molecular weight excluding hydrogens is 244 g/mol. The van der Waals surface area contributed by atoms with Crippen molar-refractivity contribution in [2.24, 2.45) is 5.16 Å². The minimum atomic E-state index is -1.03. The van der Waals surface area contributed by atoms with Gasteiger partial charge in [0.15, 0.2) is 5.17 Å². The molecule has 1 aliphatic rings. The van der Waals surface area contributed by atoms with Gasteiger partial charge in [0.2, 0.25) is 0 Å². The van der Waals surface area contributed by atoms with Gasteiger partial charge in [0, 0.05) is 5.56 Å². The van der Waals surface area contributed by atoms with Crippen molar-refractivity contribution in [3.63, 3.8) is 0 Å². The van der Waals surface area contributed by atoms with E-state index in [1.807, 2.05) is 12.1 Å². The quantitative estimate of drug-likeness (QED) is 0.430. The Morgan fingerprint density at radius 1 is 1.53 bits per heavy atom. The summed E-state index contributed by atoms with van der Waals surface area (Å²) in [6, 6.07) is 5.18. The first kappa shape index (κ1) is 11.7. The Labute approximate surface area is 103 Å². The van der Waals surface area contributed by atoms with Gasteiger partial charge in [-0.3, -0.25) is 0 Å². The van der Waals surface area contributed by atoms with Gasteiger partial charge in [-0.25, -0.2) is 4.79 Å².